The molecule has 2 N–H and O–H groups in total. The molecule has 0 unspecified atom stereocenters. The lowest BCUT2D eigenvalue weighted by Crippen LogP contribution is -1.99. The van der Waals surface area contributed by atoms with Crippen LogP contribution in [0, 0.1) is 5.82 Å². The van der Waals surface area contributed by atoms with Gasteiger partial charge in [0, 0.05) is 18.6 Å². The van der Waals surface area contributed by atoms with Crippen LogP contribution in [-0.2, 0) is 13.5 Å². The van der Waals surface area contributed by atoms with Crippen LogP contribution in [0.4, 0.5) is 4.39 Å². The lowest BCUT2D eigenvalue weighted by Gasteiger charge is -1.97. The molecule has 1 aromatic carbocycles. The maximum absolute atomic E-state index is 13.0. The van der Waals surface area contributed by atoms with Gasteiger partial charge in [-0.1, -0.05) is 0 Å². The third kappa shape index (κ3) is 1.88. The normalized spacial score (nSPS) is 11.1. The topological polar surface area (TPSA) is 30.9 Å². The Hall–Kier alpha value is -1.35. The summed E-state index contributed by atoms with van der Waals surface area (Å²) >= 11 is 0. The number of hydrogen-bond donors (Lipinski definition) is 1. The fourth-order valence-electron chi connectivity index (χ4n) is 1.93. The number of nitrogens with zero attached hydrogens (tertiary/aromatic N) is 1. The second-order valence-electron chi connectivity index (χ2n) is 3.82. The van der Waals surface area contributed by atoms with E-state index in [-0.39, 0.29) is 5.82 Å². The van der Waals surface area contributed by atoms with E-state index in [0.717, 1.165) is 23.7 Å². The van der Waals surface area contributed by atoms with Crippen LogP contribution in [0.5, 0.6) is 0 Å². The van der Waals surface area contributed by atoms with E-state index in [1.165, 1.54) is 11.6 Å². The van der Waals surface area contributed by atoms with Gasteiger partial charge in [0.15, 0.2) is 0 Å². The summed E-state index contributed by atoms with van der Waals surface area (Å²) in [6.07, 6.45) is 3.98. The monoisotopic (exact) mass is 206 g/mol. The van der Waals surface area contributed by atoms with Gasteiger partial charge in [-0.3, -0.25) is 0 Å². The zero-order valence-electron chi connectivity index (χ0n) is 8.83. The molecular weight excluding hydrogens is 191 g/mol. The summed E-state index contributed by atoms with van der Waals surface area (Å²) in [6.45, 7) is 0.692. The predicted octanol–water partition coefficient (Wildman–Crippen LogP) is 2.21. The van der Waals surface area contributed by atoms with Gasteiger partial charge >= 0.3 is 0 Å². The van der Waals surface area contributed by atoms with Gasteiger partial charge in [0.05, 0.1) is 5.52 Å². The molecule has 0 aliphatic carbocycles. The summed E-state index contributed by atoms with van der Waals surface area (Å²) in [5.41, 5.74) is 7.68. The fourth-order valence-corrected chi connectivity index (χ4v) is 1.93. The number of benzene rings is 1. The SMILES string of the molecule is Cn1cc(CCCN)c2ccc(F)cc21. The molecule has 0 atom stereocenters. The maximum atomic E-state index is 13.0. The first-order valence-electron chi connectivity index (χ1n) is 5.16. The summed E-state index contributed by atoms with van der Waals surface area (Å²) in [5, 5.41) is 1.13. The lowest BCUT2D eigenvalue weighted by atomic mass is 10.1. The van der Waals surface area contributed by atoms with E-state index in [1.54, 1.807) is 6.07 Å². The molecule has 0 radical (unpaired) electrons. The maximum Gasteiger partial charge on any atom is 0.125 e. The van der Waals surface area contributed by atoms with Crippen LogP contribution in [0.25, 0.3) is 10.9 Å². The van der Waals surface area contributed by atoms with Gasteiger partial charge in [0.25, 0.3) is 0 Å². The van der Waals surface area contributed by atoms with Crippen LogP contribution >= 0.6 is 0 Å². The number of rotatable bonds is 3. The molecule has 0 saturated heterocycles. The molecule has 0 bridgehead atoms. The Balaban J connectivity index is 2.48. The minimum atomic E-state index is -0.186. The minimum Gasteiger partial charge on any atom is -0.350 e. The minimum absolute atomic E-state index is 0.186. The molecule has 0 aliphatic heterocycles. The largest absolute Gasteiger partial charge is 0.350 e. The fraction of sp³-hybridized carbons (Fsp3) is 0.333. The summed E-state index contributed by atoms with van der Waals surface area (Å²) in [4.78, 5) is 0. The van der Waals surface area contributed by atoms with Crippen LogP contribution in [0.1, 0.15) is 12.0 Å². The van der Waals surface area contributed by atoms with Crippen molar-refractivity contribution in [1.29, 1.82) is 0 Å². The third-order valence-electron chi connectivity index (χ3n) is 2.69. The number of halogens is 1. The van der Waals surface area contributed by atoms with E-state index in [1.807, 2.05) is 17.7 Å². The summed E-state index contributed by atoms with van der Waals surface area (Å²) in [6, 6.07) is 4.92. The molecule has 80 valence electrons. The molecule has 3 heteroatoms. The molecule has 15 heavy (non-hydrogen) atoms. The highest BCUT2D eigenvalue weighted by Crippen LogP contribution is 2.22. The van der Waals surface area contributed by atoms with E-state index in [2.05, 4.69) is 6.20 Å². The van der Waals surface area contributed by atoms with E-state index in [0.29, 0.717) is 6.54 Å². The van der Waals surface area contributed by atoms with E-state index >= 15 is 0 Å². The Labute approximate surface area is 88.5 Å². The second-order valence-corrected chi connectivity index (χ2v) is 3.82. The number of fused-ring (bicyclic) bond motifs is 1. The number of nitrogens with two attached hydrogens (primary N) is 1. The van der Waals surface area contributed by atoms with Crippen LogP contribution in [-0.4, -0.2) is 11.1 Å². The zero-order chi connectivity index (χ0) is 10.8. The summed E-state index contributed by atoms with van der Waals surface area (Å²) in [5.74, 6) is -0.186. The van der Waals surface area contributed by atoms with Crippen LogP contribution in [0.15, 0.2) is 24.4 Å². The summed E-state index contributed by atoms with van der Waals surface area (Å²) < 4.78 is 15.0. The molecule has 0 aliphatic rings. The molecule has 0 spiro atoms. The van der Waals surface area contributed by atoms with E-state index < -0.39 is 0 Å². The number of aromatic nitrogens is 1. The van der Waals surface area contributed by atoms with Gasteiger partial charge in [-0.25, -0.2) is 4.39 Å². The van der Waals surface area contributed by atoms with E-state index in [4.69, 9.17) is 5.73 Å². The van der Waals surface area contributed by atoms with Gasteiger partial charge < -0.3 is 10.3 Å². The quantitative estimate of drug-likeness (QED) is 0.820. The van der Waals surface area contributed by atoms with Crippen LogP contribution < -0.4 is 5.73 Å². The molecule has 0 fully saturated rings. The van der Waals surface area contributed by atoms with Crippen molar-refractivity contribution in [2.75, 3.05) is 6.54 Å². The zero-order valence-corrected chi connectivity index (χ0v) is 8.83. The van der Waals surface area contributed by atoms with Crippen molar-refractivity contribution in [2.24, 2.45) is 12.8 Å². The first-order chi connectivity index (χ1) is 7.22. The van der Waals surface area contributed by atoms with Crippen LogP contribution in [0.3, 0.4) is 0 Å². The molecule has 1 heterocycles. The Morgan fingerprint density at radius 3 is 2.93 bits per heavy atom. The standard InChI is InChI=1S/C12H15FN2/c1-15-8-9(3-2-6-14)11-5-4-10(13)7-12(11)15/h4-5,7-8H,2-3,6,14H2,1H3. The van der Waals surface area contributed by atoms with Crippen molar-refractivity contribution < 1.29 is 4.39 Å². The average molecular weight is 206 g/mol. The average Bonchev–Trinajstić information content (AvgIpc) is 2.53. The van der Waals surface area contributed by atoms with Gasteiger partial charge in [0.1, 0.15) is 5.82 Å². The van der Waals surface area contributed by atoms with Crippen molar-refractivity contribution in [1.82, 2.24) is 4.57 Å². The first-order valence-corrected chi connectivity index (χ1v) is 5.16. The van der Waals surface area contributed by atoms with E-state index in [9.17, 15) is 4.39 Å². The highest BCUT2D eigenvalue weighted by atomic mass is 19.1. The molecular formula is C12H15FN2. The highest BCUT2D eigenvalue weighted by Gasteiger charge is 2.06. The Bertz CT molecular complexity index is 474. The van der Waals surface area contributed by atoms with Crippen LogP contribution in [0.2, 0.25) is 0 Å². The van der Waals surface area contributed by atoms with Crippen molar-refractivity contribution >= 4 is 10.9 Å². The molecule has 2 nitrogen and oxygen atoms in total. The third-order valence-corrected chi connectivity index (χ3v) is 2.69. The second kappa shape index (κ2) is 4.03. The van der Waals surface area contributed by atoms with Crippen molar-refractivity contribution in [3.63, 3.8) is 0 Å². The molecule has 0 saturated carbocycles. The number of hydrogen-bond acceptors (Lipinski definition) is 1. The van der Waals surface area contributed by atoms with Crippen molar-refractivity contribution in [3.8, 4) is 0 Å². The first kappa shape index (κ1) is 10.2. The highest BCUT2D eigenvalue weighted by molar-refractivity contribution is 5.84. The van der Waals surface area contributed by atoms with Gasteiger partial charge in [-0.15, -0.1) is 0 Å². The predicted molar refractivity (Wildman–Crippen MR) is 60.3 cm³/mol. The molecule has 1 aromatic heterocycles. The van der Waals surface area contributed by atoms with Gasteiger partial charge in [-0.2, -0.15) is 0 Å². The van der Waals surface area contributed by atoms with Crippen molar-refractivity contribution in [2.45, 2.75) is 12.8 Å². The Morgan fingerprint density at radius 1 is 1.40 bits per heavy atom. The smallest absolute Gasteiger partial charge is 0.125 e. The molecule has 0 amide bonds. The van der Waals surface area contributed by atoms with Gasteiger partial charge in [-0.05, 0) is 43.1 Å². The van der Waals surface area contributed by atoms with Crippen molar-refractivity contribution in [3.05, 3.63) is 35.8 Å². The molecule has 2 aromatic rings. The molecule has 2 rings (SSSR count). The Morgan fingerprint density at radius 2 is 2.20 bits per heavy atom. The lowest BCUT2D eigenvalue weighted by molar-refractivity contribution is 0.629. The summed E-state index contributed by atoms with van der Waals surface area (Å²) in [7, 11) is 1.94. The number of aryl methyl sites for hydroxylation is 2. The Kier molecular flexibility index (Phi) is 2.73. The van der Waals surface area contributed by atoms with Gasteiger partial charge in [0.2, 0.25) is 0 Å².